The molecule has 3 aliphatic rings. The number of likely N-dealkylation sites (tertiary alicyclic amines) is 1. The van der Waals surface area contributed by atoms with E-state index < -0.39 is 53.9 Å². The van der Waals surface area contributed by atoms with Crippen molar-refractivity contribution in [1.82, 2.24) is 15.5 Å². The van der Waals surface area contributed by atoms with Crippen LogP contribution in [0.15, 0.2) is 0 Å². The van der Waals surface area contributed by atoms with Crippen LogP contribution < -0.4 is 22.1 Å². The Kier molecular flexibility index (Phi) is 8.19. The predicted molar refractivity (Wildman–Crippen MR) is 118 cm³/mol. The Hall–Kier alpha value is -2.08. The van der Waals surface area contributed by atoms with Gasteiger partial charge in [0, 0.05) is 19.0 Å². The first kappa shape index (κ1) is 28.2. The number of alkyl halides is 3. The number of carbonyl (C=O) groups excluding carboxylic acids is 4. The molecule has 13 heteroatoms. The number of fused-ring (bicyclic) bond motifs is 1. The van der Waals surface area contributed by atoms with Crippen molar-refractivity contribution in [3.05, 3.63) is 0 Å². The molecule has 3 rings (SSSR count). The van der Waals surface area contributed by atoms with Gasteiger partial charge in [0.15, 0.2) is 0 Å². The standard InChI is InChI=1S/C21H32F3N5O4.ClH/c1-4-10(21(22,23)24)14(25)19(33)29-8-11-13(20(11,2)3)15(29)18(32)28-12(16(26)30)7-9-5-6-27-17(9)31;/h9-15H,4-8,25H2,1-3H3,(H2,26,30)(H,27,31)(H,28,32);1H/t9-,10?,11-,12-,13-,14?,15-;/m0./s1. The summed E-state index contributed by atoms with van der Waals surface area (Å²) in [5, 5.41) is 5.19. The lowest BCUT2D eigenvalue weighted by atomic mass is 9.93. The van der Waals surface area contributed by atoms with E-state index in [0.29, 0.717) is 13.0 Å². The van der Waals surface area contributed by atoms with E-state index in [2.05, 4.69) is 10.6 Å². The molecular weight excluding hydrogens is 479 g/mol. The van der Waals surface area contributed by atoms with Gasteiger partial charge in [-0.25, -0.2) is 0 Å². The number of nitrogens with one attached hydrogen (secondary N) is 2. The first-order valence-corrected chi connectivity index (χ1v) is 11.2. The van der Waals surface area contributed by atoms with Crippen molar-refractivity contribution in [1.29, 1.82) is 0 Å². The second kappa shape index (κ2) is 9.88. The van der Waals surface area contributed by atoms with Crippen molar-refractivity contribution < 1.29 is 32.3 Å². The van der Waals surface area contributed by atoms with Crippen LogP contribution in [0.4, 0.5) is 13.2 Å². The normalized spacial score (nSPS) is 29.9. The van der Waals surface area contributed by atoms with Crippen LogP contribution in [-0.2, 0) is 19.2 Å². The van der Waals surface area contributed by atoms with Crippen LogP contribution in [0.25, 0.3) is 0 Å². The van der Waals surface area contributed by atoms with E-state index in [1.165, 1.54) is 6.92 Å². The summed E-state index contributed by atoms with van der Waals surface area (Å²) in [5.41, 5.74) is 10.9. The fourth-order valence-electron chi connectivity index (χ4n) is 5.52. The number of carbonyl (C=O) groups is 4. The maximum Gasteiger partial charge on any atom is 0.393 e. The van der Waals surface area contributed by atoms with Crippen LogP contribution in [0.3, 0.4) is 0 Å². The van der Waals surface area contributed by atoms with Crippen LogP contribution in [0, 0.1) is 29.1 Å². The highest BCUT2D eigenvalue weighted by atomic mass is 35.5. The number of piperidine rings is 1. The third-order valence-corrected chi connectivity index (χ3v) is 7.68. The molecule has 7 atom stereocenters. The number of rotatable bonds is 8. The summed E-state index contributed by atoms with van der Waals surface area (Å²) < 4.78 is 40.1. The SMILES string of the molecule is CCC(C(N)C(=O)N1C[C@H]2[C@@H]([C@H]1C(=O)N[C@@H](C[C@@H]1CCNC1=O)C(N)=O)C2(C)C)C(F)(F)F.Cl. The minimum absolute atomic E-state index is 0. The number of halogens is 4. The largest absolute Gasteiger partial charge is 0.393 e. The summed E-state index contributed by atoms with van der Waals surface area (Å²) in [6, 6.07) is -4.04. The lowest BCUT2D eigenvalue weighted by Crippen LogP contribution is -2.59. The fraction of sp³-hybridized carbons (Fsp3) is 0.810. The number of nitrogens with zero attached hydrogens (tertiary/aromatic N) is 1. The Labute approximate surface area is 202 Å². The highest BCUT2D eigenvalue weighted by Crippen LogP contribution is 2.65. The number of hydrogen-bond donors (Lipinski definition) is 4. The first-order valence-electron chi connectivity index (χ1n) is 11.2. The van der Waals surface area contributed by atoms with Crippen molar-refractivity contribution in [2.75, 3.05) is 13.1 Å². The molecule has 1 saturated carbocycles. The summed E-state index contributed by atoms with van der Waals surface area (Å²) in [6.07, 6.45) is -4.51. The van der Waals surface area contributed by atoms with Gasteiger partial charge in [0.2, 0.25) is 23.6 Å². The molecule has 2 unspecified atom stereocenters. The molecule has 2 aliphatic heterocycles. The third-order valence-electron chi connectivity index (χ3n) is 7.68. The van der Waals surface area contributed by atoms with Gasteiger partial charge in [0.25, 0.3) is 0 Å². The monoisotopic (exact) mass is 511 g/mol. The van der Waals surface area contributed by atoms with Gasteiger partial charge < -0.3 is 27.0 Å². The Morgan fingerprint density at radius 1 is 1.29 bits per heavy atom. The molecule has 2 saturated heterocycles. The molecule has 2 heterocycles. The van der Waals surface area contributed by atoms with E-state index in [1.807, 2.05) is 13.8 Å². The summed E-state index contributed by atoms with van der Waals surface area (Å²) in [7, 11) is 0. The molecule has 0 spiro atoms. The van der Waals surface area contributed by atoms with Gasteiger partial charge in [0.1, 0.15) is 12.1 Å². The number of amides is 4. The van der Waals surface area contributed by atoms with Gasteiger partial charge >= 0.3 is 6.18 Å². The fourth-order valence-corrected chi connectivity index (χ4v) is 5.52. The average molecular weight is 512 g/mol. The molecule has 4 amide bonds. The minimum Gasteiger partial charge on any atom is -0.368 e. The molecule has 0 radical (unpaired) electrons. The Balaban J connectivity index is 0.00000408. The average Bonchev–Trinajstić information content (AvgIpc) is 3.07. The van der Waals surface area contributed by atoms with Gasteiger partial charge in [-0.05, 0) is 36.5 Å². The molecule has 0 aromatic carbocycles. The zero-order valence-electron chi connectivity index (χ0n) is 19.4. The second-order valence-electron chi connectivity index (χ2n) is 9.95. The van der Waals surface area contributed by atoms with E-state index in [0.717, 1.165) is 4.90 Å². The highest BCUT2D eigenvalue weighted by Gasteiger charge is 2.70. The summed E-state index contributed by atoms with van der Waals surface area (Å²) >= 11 is 0. The molecule has 0 aromatic rings. The van der Waals surface area contributed by atoms with E-state index >= 15 is 0 Å². The summed E-state index contributed by atoms with van der Waals surface area (Å²) in [5.74, 6) is -5.53. The van der Waals surface area contributed by atoms with E-state index in [9.17, 15) is 32.3 Å². The minimum atomic E-state index is -4.65. The molecule has 0 bridgehead atoms. The topological polar surface area (TPSA) is 148 Å². The summed E-state index contributed by atoms with van der Waals surface area (Å²) in [4.78, 5) is 51.2. The third kappa shape index (κ3) is 5.12. The molecular formula is C21H33ClF3N5O4. The van der Waals surface area contributed by atoms with Crippen LogP contribution in [-0.4, -0.2) is 65.9 Å². The lowest BCUT2D eigenvalue weighted by molar-refractivity contribution is -0.186. The van der Waals surface area contributed by atoms with Crippen LogP contribution in [0.5, 0.6) is 0 Å². The molecule has 1 aliphatic carbocycles. The quantitative estimate of drug-likeness (QED) is 0.370. The van der Waals surface area contributed by atoms with Crippen molar-refractivity contribution in [2.24, 2.45) is 40.6 Å². The van der Waals surface area contributed by atoms with Crippen molar-refractivity contribution in [3.8, 4) is 0 Å². The van der Waals surface area contributed by atoms with Gasteiger partial charge in [-0.15, -0.1) is 12.4 Å². The number of primary amides is 1. The van der Waals surface area contributed by atoms with Crippen LogP contribution >= 0.6 is 12.4 Å². The molecule has 9 nitrogen and oxygen atoms in total. The van der Waals surface area contributed by atoms with Gasteiger partial charge in [0.05, 0.1) is 12.0 Å². The maximum atomic E-state index is 13.4. The number of hydrogen-bond acceptors (Lipinski definition) is 5. The van der Waals surface area contributed by atoms with E-state index in [-0.39, 0.29) is 55.0 Å². The van der Waals surface area contributed by atoms with E-state index in [4.69, 9.17) is 11.5 Å². The smallest absolute Gasteiger partial charge is 0.368 e. The van der Waals surface area contributed by atoms with E-state index in [1.54, 1.807) is 0 Å². The zero-order valence-corrected chi connectivity index (χ0v) is 20.2. The second-order valence-corrected chi connectivity index (χ2v) is 9.95. The predicted octanol–water partition coefficient (Wildman–Crippen LogP) is 0.303. The molecule has 3 fully saturated rings. The molecule has 194 valence electrons. The Morgan fingerprint density at radius 2 is 1.91 bits per heavy atom. The lowest BCUT2D eigenvalue weighted by Gasteiger charge is -2.34. The van der Waals surface area contributed by atoms with Crippen molar-refractivity contribution >= 4 is 36.0 Å². The zero-order chi connectivity index (χ0) is 24.9. The highest BCUT2D eigenvalue weighted by molar-refractivity contribution is 5.94. The Morgan fingerprint density at radius 3 is 2.38 bits per heavy atom. The maximum absolute atomic E-state index is 13.4. The first-order chi connectivity index (χ1) is 15.2. The molecule has 6 N–H and O–H groups in total. The van der Waals surface area contributed by atoms with Gasteiger partial charge in [-0.2, -0.15) is 13.2 Å². The van der Waals surface area contributed by atoms with Crippen molar-refractivity contribution in [3.63, 3.8) is 0 Å². The Bertz CT molecular complexity index is 840. The van der Waals surface area contributed by atoms with Crippen LogP contribution in [0.2, 0.25) is 0 Å². The van der Waals surface area contributed by atoms with Gasteiger partial charge in [-0.1, -0.05) is 20.8 Å². The van der Waals surface area contributed by atoms with Gasteiger partial charge in [-0.3, -0.25) is 19.2 Å². The van der Waals surface area contributed by atoms with Crippen LogP contribution in [0.1, 0.15) is 40.0 Å². The molecule has 0 aromatic heterocycles. The number of nitrogens with two attached hydrogens (primary N) is 2. The molecule has 34 heavy (non-hydrogen) atoms. The summed E-state index contributed by atoms with van der Waals surface area (Å²) in [6.45, 7) is 5.72. The van der Waals surface area contributed by atoms with Crippen molar-refractivity contribution in [2.45, 2.75) is 64.3 Å².